The minimum atomic E-state index is -0.330. The lowest BCUT2D eigenvalue weighted by atomic mass is 9.46. The van der Waals surface area contributed by atoms with Crippen LogP contribution in [0.5, 0.6) is 0 Å². The molecule has 0 N–H and O–H groups in total. The number of ketones is 3. The molecule has 4 rings (SSSR count). The Labute approximate surface area is 179 Å². The smallest absolute Gasteiger partial charge is 0.308 e. The summed E-state index contributed by atoms with van der Waals surface area (Å²) in [5.41, 5.74) is 0.904. The fourth-order valence-corrected chi connectivity index (χ4v) is 7.41. The van der Waals surface area contributed by atoms with Crippen LogP contribution < -0.4 is 0 Å². The molecule has 6 atom stereocenters. The van der Waals surface area contributed by atoms with Crippen LogP contribution in [0.4, 0.5) is 0 Å². The monoisotopic (exact) mass is 414 g/mol. The molecule has 0 heterocycles. The summed E-state index contributed by atoms with van der Waals surface area (Å²) in [5.74, 6) is 0.237. The zero-order valence-corrected chi connectivity index (χ0v) is 18.7. The van der Waals surface area contributed by atoms with E-state index in [0.717, 1.165) is 38.5 Å². The number of allylic oxidation sites excluding steroid dienone is 1. The lowest BCUT2D eigenvalue weighted by molar-refractivity contribution is -0.153. The fourth-order valence-electron chi connectivity index (χ4n) is 7.41. The van der Waals surface area contributed by atoms with Gasteiger partial charge in [0, 0.05) is 12.3 Å². The van der Waals surface area contributed by atoms with Crippen molar-refractivity contribution >= 4 is 23.3 Å². The van der Waals surface area contributed by atoms with E-state index in [2.05, 4.69) is 13.8 Å². The van der Waals surface area contributed by atoms with E-state index in [1.54, 1.807) is 19.9 Å². The summed E-state index contributed by atoms with van der Waals surface area (Å²) in [5, 5.41) is 0. The molecule has 0 aliphatic heterocycles. The molecule has 3 saturated carbocycles. The van der Waals surface area contributed by atoms with Crippen LogP contribution in [0, 0.1) is 40.4 Å². The molecule has 5 heteroatoms. The standard InChI is InChI=1S/C25H34O5/c1-14(2)23(29)30-13-22(28)19-8-7-17-16-6-5-15-11-20(26)21(27)12-25(15,4)18(16)9-10-24(17,19)3/h11,14,16-19H,5-10,12-13H2,1-4H3/t16-,17-,18-,19+,24-,25-/m0/s1. The summed E-state index contributed by atoms with van der Waals surface area (Å²) >= 11 is 0. The highest BCUT2D eigenvalue weighted by molar-refractivity contribution is 6.42. The number of Topliss-reactive ketones (excluding diaryl/α,β-unsaturated/α-hetero) is 2. The highest BCUT2D eigenvalue weighted by Gasteiger charge is 2.60. The van der Waals surface area contributed by atoms with E-state index in [1.165, 1.54) is 5.57 Å². The fraction of sp³-hybridized carbons (Fsp3) is 0.760. The molecule has 0 amide bonds. The Kier molecular flexibility index (Phi) is 5.31. The largest absolute Gasteiger partial charge is 0.457 e. The molecule has 0 spiro atoms. The molecular formula is C25H34O5. The van der Waals surface area contributed by atoms with E-state index < -0.39 is 0 Å². The summed E-state index contributed by atoms with van der Waals surface area (Å²) in [7, 11) is 0. The second-order valence-corrected chi connectivity index (χ2v) is 10.9. The number of fused-ring (bicyclic) bond motifs is 5. The molecule has 0 bridgehead atoms. The number of carbonyl (C=O) groups is 4. The predicted octanol–water partition coefficient (Wildman–Crippen LogP) is 4.08. The highest BCUT2D eigenvalue weighted by atomic mass is 16.5. The molecule has 0 saturated heterocycles. The molecule has 0 aromatic rings. The molecule has 4 aliphatic rings. The van der Waals surface area contributed by atoms with E-state index in [4.69, 9.17) is 4.74 Å². The van der Waals surface area contributed by atoms with Crippen LogP contribution in [-0.2, 0) is 23.9 Å². The zero-order chi connectivity index (χ0) is 21.8. The summed E-state index contributed by atoms with van der Waals surface area (Å²) in [6.45, 7) is 7.88. The Balaban J connectivity index is 1.52. The first-order chi connectivity index (χ1) is 14.1. The van der Waals surface area contributed by atoms with Gasteiger partial charge in [-0.25, -0.2) is 0 Å². The zero-order valence-electron chi connectivity index (χ0n) is 18.7. The van der Waals surface area contributed by atoms with Crippen molar-refractivity contribution in [3.8, 4) is 0 Å². The molecule has 3 fully saturated rings. The molecule has 5 nitrogen and oxygen atoms in total. The number of esters is 1. The van der Waals surface area contributed by atoms with Gasteiger partial charge in [0.25, 0.3) is 0 Å². The Morgan fingerprint density at radius 3 is 2.53 bits per heavy atom. The average molecular weight is 415 g/mol. The highest BCUT2D eigenvalue weighted by Crippen LogP contribution is 2.66. The topological polar surface area (TPSA) is 77.5 Å². The van der Waals surface area contributed by atoms with Crippen LogP contribution in [0.1, 0.15) is 72.6 Å². The van der Waals surface area contributed by atoms with E-state index in [-0.39, 0.29) is 52.6 Å². The molecule has 164 valence electrons. The van der Waals surface area contributed by atoms with Gasteiger partial charge in [-0.1, -0.05) is 33.3 Å². The molecule has 30 heavy (non-hydrogen) atoms. The second-order valence-electron chi connectivity index (χ2n) is 10.9. The Hall–Kier alpha value is -1.78. The van der Waals surface area contributed by atoms with E-state index in [9.17, 15) is 19.2 Å². The van der Waals surface area contributed by atoms with Crippen molar-refractivity contribution in [1.82, 2.24) is 0 Å². The SMILES string of the molecule is CC(C)C(=O)OCC(=O)[C@H]1CC[C@H]2[C@@H]3CCC4=CC(=O)C(=O)C[C@]4(C)[C@H]3CC[C@]12C. The maximum absolute atomic E-state index is 13.0. The first-order valence-electron chi connectivity index (χ1n) is 11.6. The third-order valence-electron chi connectivity index (χ3n) is 9.06. The van der Waals surface area contributed by atoms with Crippen molar-refractivity contribution < 1.29 is 23.9 Å². The van der Waals surface area contributed by atoms with Crippen LogP contribution >= 0.6 is 0 Å². The van der Waals surface area contributed by atoms with Gasteiger partial charge in [-0.2, -0.15) is 0 Å². The maximum atomic E-state index is 13.0. The van der Waals surface area contributed by atoms with Gasteiger partial charge >= 0.3 is 5.97 Å². The van der Waals surface area contributed by atoms with Crippen LogP contribution in [0.3, 0.4) is 0 Å². The van der Waals surface area contributed by atoms with Gasteiger partial charge in [0.05, 0.1) is 5.92 Å². The first kappa shape index (κ1) is 21.5. The van der Waals surface area contributed by atoms with E-state index in [0.29, 0.717) is 24.2 Å². The summed E-state index contributed by atoms with van der Waals surface area (Å²) in [6.07, 6.45) is 7.72. The Morgan fingerprint density at radius 1 is 1.10 bits per heavy atom. The van der Waals surface area contributed by atoms with Gasteiger partial charge in [-0.15, -0.1) is 0 Å². The molecular weight excluding hydrogens is 380 g/mol. The third kappa shape index (κ3) is 3.20. The maximum Gasteiger partial charge on any atom is 0.308 e. The summed E-state index contributed by atoms with van der Waals surface area (Å²) in [6, 6.07) is 0. The van der Waals surface area contributed by atoms with Crippen molar-refractivity contribution in [3.05, 3.63) is 11.6 Å². The average Bonchev–Trinajstić information content (AvgIpc) is 3.04. The van der Waals surface area contributed by atoms with Crippen LogP contribution in [0.2, 0.25) is 0 Å². The second kappa shape index (κ2) is 7.42. The van der Waals surface area contributed by atoms with Crippen LogP contribution in [0.15, 0.2) is 11.6 Å². The van der Waals surface area contributed by atoms with Crippen LogP contribution in [0.25, 0.3) is 0 Å². The van der Waals surface area contributed by atoms with Gasteiger partial charge in [0.15, 0.2) is 5.78 Å². The molecule has 4 aliphatic carbocycles. The van der Waals surface area contributed by atoms with Gasteiger partial charge in [-0.3, -0.25) is 19.2 Å². The Morgan fingerprint density at radius 2 is 1.83 bits per heavy atom. The van der Waals surface area contributed by atoms with Gasteiger partial charge in [0.1, 0.15) is 6.61 Å². The lowest BCUT2D eigenvalue weighted by Crippen LogP contribution is -2.52. The minimum Gasteiger partial charge on any atom is -0.457 e. The number of ether oxygens (including phenoxy) is 1. The molecule has 0 radical (unpaired) electrons. The Bertz CT molecular complexity index is 823. The third-order valence-corrected chi connectivity index (χ3v) is 9.06. The summed E-state index contributed by atoms with van der Waals surface area (Å²) in [4.78, 5) is 49.0. The normalized spacial score (nSPS) is 40.4. The molecule has 0 aromatic carbocycles. The number of hydrogen-bond donors (Lipinski definition) is 0. The molecule has 0 unspecified atom stereocenters. The van der Waals surface area contributed by atoms with Crippen molar-refractivity contribution in [1.29, 1.82) is 0 Å². The first-order valence-corrected chi connectivity index (χ1v) is 11.6. The van der Waals surface area contributed by atoms with Crippen LogP contribution in [-0.4, -0.2) is 29.9 Å². The summed E-state index contributed by atoms with van der Waals surface area (Å²) < 4.78 is 5.25. The van der Waals surface area contributed by atoms with Gasteiger partial charge in [0.2, 0.25) is 11.6 Å². The number of carbonyl (C=O) groups excluding carboxylic acids is 4. The van der Waals surface area contributed by atoms with Gasteiger partial charge < -0.3 is 4.74 Å². The predicted molar refractivity (Wildman–Crippen MR) is 111 cm³/mol. The lowest BCUT2D eigenvalue weighted by Gasteiger charge is -2.57. The van der Waals surface area contributed by atoms with Gasteiger partial charge in [-0.05, 0) is 73.2 Å². The number of rotatable bonds is 4. The van der Waals surface area contributed by atoms with Crippen molar-refractivity contribution in [2.24, 2.45) is 40.4 Å². The van der Waals surface area contributed by atoms with E-state index >= 15 is 0 Å². The quantitative estimate of drug-likeness (QED) is 0.512. The van der Waals surface area contributed by atoms with Crippen molar-refractivity contribution in [3.63, 3.8) is 0 Å². The van der Waals surface area contributed by atoms with Crippen molar-refractivity contribution in [2.75, 3.05) is 6.61 Å². The minimum absolute atomic E-state index is 0.0530. The van der Waals surface area contributed by atoms with Crippen molar-refractivity contribution in [2.45, 2.75) is 72.6 Å². The molecule has 0 aromatic heterocycles. The van der Waals surface area contributed by atoms with E-state index in [1.807, 2.05) is 0 Å². The number of hydrogen-bond acceptors (Lipinski definition) is 5.